The lowest BCUT2D eigenvalue weighted by atomic mass is 9.94. The largest absolute Gasteiger partial charge is 0.417 e. The Hall–Kier alpha value is -1.08. The molecule has 7 heteroatoms. The van der Waals surface area contributed by atoms with Crippen LogP contribution in [0.3, 0.4) is 0 Å². The SMILES string of the molecule is CC(Sc1ccc(C(F)(F)F)cn1)C(=O)C1CCOCC1. The van der Waals surface area contributed by atoms with Crippen LogP contribution in [0.25, 0.3) is 0 Å². The molecular formula is C14H16F3NO2S. The molecule has 1 aromatic heterocycles. The van der Waals surface area contributed by atoms with Crippen LogP contribution in [0.5, 0.6) is 0 Å². The first-order valence-electron chi connectivity index (χ1n) is 6.69. The molecule has 0 aliphatic carbocycles. The molecule has 1 aliphatic rings. The molecule has 0 spiro atoms. The molecule has 0 saturated carbocycles. The number of ether oxygens (including phenoxy) is 1. The highest BCUT2D eigenvalue weighted by Gasteiger charge is 2.31. The van der Waals surface area contributed by atoms with E-state index in [9.17, 15) is 18.0 Å². The minimum Gasteiger partial charge on any atom is -0.381 e. The fourth-order valence-corrected chi connectivity index (χ4v) is 3.10. The highest BCUT2D eigenvalue weighted by Crippen LogP contribution is 2.31. The number of thioether (sulfide) groups is 1. The van der Waals surface area contributed by atoms with Crippen molar-refractivity contribution in [2.24, 2.45) is 5.92 Å². The second-order valence-corrected chi connectivity index (χ2v) is 6.29. The molecular weight excluding hydrogens is 303 g/mol. The van der Waals surface area contributed by atoms with E-state index in [0.29, 0.717) is 31.1 Å². The Morgan fingerprint density at radius 2 is 2.05 bits per heavy atom. The molecule has 0 N–H and O–H groups in total. The van der Waals surface area contributed by atoms with Crippen LogP contribution in [0.15, 0.2) is 23.4 Å². The number of carbonyl (C=O) groups is 1. The summed E-state index contributed by atoms with van der Waals surface area (Å²) in [5.41, 5.74) is -0.782. The molecule has 1 unspecified atom stereocenters. The molecule has 2 heterocycles. The summed E-state index contributed by atoms with van der Waals surface area (Å²) in [7, 11) is 0. The lowest BCUT2D eigenvalue weighted by molar-refractivity contribution is -0.137. The molecule has 0 aromatic carbocycles. The van der Waals surface area contributed by atoms with Crippen LogP contribution in [0.1, 0.15) is 25.3 Å². The fraction of sp³-hybridized carbons (Fsp3) is 0.571. The Bertz CT molecular complexity index is 484. The number of hydrogen-bond acceptors (Lipinski definition) is 4. The van der Waals surface area contributed by atoms with Gasteiger partial charge < -0.3 is 4.74 Å². The minimum absolute atomic E-state index is 0.0179. The third-order valence-electron chi connectivity index (χ3n) is 3.39. The molecule has 21 heavy (non-hydrogen) atoms. The number of rotatable bonds is 4. The molecule has 2 rings (SSSR count). The summed E-state index contributed by atoms with van der Waals surface area (Å²) in [6.07, 6.45) is -2.16. The number of Topliss-reactive ketones (excluding diaryl/α,β-unsaturated/α-hetero) is 1. The zero-order valence-electron chi connectivity index (χ0n) is 11.5. The Balaban J connectivity index is 1.95. The van der Waals surface area contributed by atoms with Crippen molar-refractivity contribution in [2.45, 2.75) is 36.2 Å². The number of alkyl halides is 3. The summed E-state index contributed by atoms with van der Waals surface area (Å²) in [5.74, 6) is 0.0979. The van der Waals surface area contributed by atoms with E-state index in [0.717, 1.165) is 12.3 Å². The number of pyridine rings is 1. The highest BCUT2D eigenvalue weighted by molar-refractivity contribution is 8.00. The van der Waals surface area contributed by atoms with Gasteiger partial charge in [0.05, 0.1) is 15.8 Å². The summed E-state index contributed by atoms with van der Waals surface area (Å²) >= 11 is 1.20. The van der Waals surface area contributed by atoms with Crippen LogP contribution in [-0.4, -0.2) is 29.2 Å². The summed E-state index contributed by atoms with van der Waals surface area (Å²) in [6, 6.07) is 2.29. The highest BCUT2D eigenvalue weighted by atomic mass is 32.2. The maximum Gasteiger partial charge on any atom is 0.417 e. The second kappa shape index (κ2) is 6.79. The zero-order chi connectivity index (χ0) is 15.5. The quantitative estimate of drug-likeness (QED) is 0.795. The number of aromatic nitrogens is 1. The van der Waals surface area contributed by atoms with Gasteiger partial charge in [0.25, 0.3) is 0 Å². The Morgan fingerprint density at radius 1 is 1.38 bits per heavy atom. The molecule has 0 amide bonds. The van der Waals surface area contributed by atoms with Crippen molar-refractivity contribution in [3.63, 3.8) is 0 Å². The maximum atomic E-state index is 12.4. The third kappa shape index (κ3) is 4.44. The van der Waals surface area contributed by atoms with Crippen LogP contribution in [-0.2, 0) is 15.7 Å². The van der Waals surface area contributed by atoms with Crippen molar-refractivity contribution >= 4 is 17.5 Å². The average molecular weight is 319 g/mol. The van der Waals surface area contributed by atoms with Gasteiger partial charge in [-0.15, -0.1) is 0 Å². The Morgan fingerprint density at radius 3 is 2.57 bits per heavy atom. The number of halogens is 3. The lowest BCUT2D eigenvalue weighted by Gasteiger charge is -2.23. The van der Waals surface area contributed by atoms with Crippen molar-refractivity contribution in [1.29, 1.82) is 0 Å². The fourth-order valence-electron chi connectivity index (χ4n) is 2.17. The van der Waals surface area contributed by atoms with Gasteiger partial charge in [-0.25, -0.2) is 4.98 Å². The van der Waals surface area contributed by atoms with Crippen LogP contribution < -0.4 is 0 Å². The van der Waals surface area contributed by atoms with Crippen molar-refractivity contribution in [2.75, 3.05) is 13.2 Å². The molecule has 1 fully saturated rings. The molecule has 0 radical (unpaired) electrons. The van der Waals surface area contributed by atoms with Crippen molar-refractivity contribution in [3.05, 3.63) is 23.9 Å². The third-order valence-corrected chi connectivity index (χ3v) is 4.45. The number of nitrogens with zero attached hydrogens (tertiary/aromatic N) is 1. The Kier molecular flexibility index (Phi) is 5.27. The van der Waals surface area contributed by atoms with Gasteiger partial charge in [0.1, 0.15) is 5.78 Å². The Labute approximate surface area is 125 Å². The topological polar surface area (TPSA) is 39.2 Å². The second-order valence-electron chi connectivity index (χ2n) is 4.93. The van der Waals surface area contributed by atoms with Crippen molar-refractivity contribution < 1.29 is 22.7 Å². The summed E-state index contributed by atoms with van der Waals surface area (Å²) in [6.45, 7) is 2.94. The first-order chi connectivity index (χ1) is 9.88. The van der Waals surface area contributed by atoms with Crippen molar-refractivity contribution in [3.8, 4) is 0 Å². The van der Waals surface area contributed by atoms with Gasteiger partial charge in [-0.1, -0.05) is 11.8 Å². The predicted octanol–water partition coefficient (Wildman–Crippen LogP) is 3.58. The van der Waals surface area contributed by atoms with E-state index in [-0.39, 0.29) is 17.0 Å². The van der Waals surface area contributed by atoms with Crippen LogP contribution in [0, 0.1) is 5.92 Å². The zero-order valence-corrected chi connectivity index (χ0v) is 12.3. The van der Waals surface area contributed by atoms with E-state index in [1.807, 2.05) is 0 Å². The molecule has 1 aliphatic heterocycles. The maximum absolute atomic E-state index is 12.4. The summed E-state index contributed by atoms with van der Waals surface area (Å²) in [5, 5.41) is 0.105. The van der Waals surface area contributed by atoms with Gasteiger partial charge in [0.15, 0.2) is 0 Å². The minimum atomic E-state index is -4.39. The average Bonchev–Trinajstić information content (AvgIpc) is 2.47. The van der Waals surface area contributed by atoms with E-state index < -0.39 is 11.7 Å². The molecule has 1 saturated heterocycles. The lowest BCUT2D eigenvalue weighted by Crippen LogP contribution is -2.29. The van der Waals surface area contributed by atoms with Gasteiger partial charge >= 0.3 is 6.18 Å². The van der Waals surface area contributed by atoms with E-state index in [1.165, 1.54) is 17.8 Å². The van der Waals surface area contributed by atoms with Crippen LogP contribution in [0.4, 0.5) is 13.2 Å². The molecule has 1 atom stereocenters. The van der Waals surface area contributed by atoms with E-state index in [2.05, 4.69) is 4.98 Å². The molecule has 116 valence electrons. The monoisotopic (exact) mass is 319 g/mol. The number of carbonyl (C=O) groups excluding carboxylic acids is 1. The molecule has 3 nitrogen and oxygen atoms in total. The number of ketones is 1. The van der Waals surface area contributed by atoms with Gasteiger partial charge in [-0.05, 0) is 31.9 Å². The standard InChI is InChI=1S/C14H16F3NO2S/c1-9(13(19)10-4-6-20-7-5-10)21-12-3-2-11(8-18-12)14(15,16)17/h2-3,8-10H,4-7H2,1H3. The van der Waals surface area contributed by atoms with Gasteiger partial charge in [-0.3, -0.25) is 4.79 Å². The van der Waals surface area contributed by atoms with Gasteiger partial charge in [0.2, 0.25) is 0 Å². The first-order valence-corrected chi connectivity index (χ1v) is 7.57. The summed E-state index contributed by atoms with van der Waals surface area (Å²) < 4.78 is 42.5. The van der Waals surface area contributed by atoms with Crippen LogP contribution >= 0.6 is 11.8 Å². The van der Waals surface area contributed by atoms with Crippen molar-refractivity contribution in [1.82, 2.24) is 4.98 Å². The molecule has 0 bridgehead atoms. The van der Waals surface area contributed by atoms with Gasteiger partial charge in [0, 0.05) is 25.3 Å². The van der Waals surface area contributed by atoms with Crippen LogP contribution in [0.2, 0.25) is 0 Å². The summed E-state index contributed by atoms with van der Waals surface area (Å²) in [4.78, 5) is 16.0. The van der Waals surface area contributed by atoms with E-state index in [4.69, 9.17) is 4.74 Å². The van der Waals surface area contributed by atoms with E-state index in [1.54, 1.807) is 6.92 Å². The molecule has 1 aromatic rings. The predicted molar refractivity (Wildman–Crippen MR) is 73.1 cm³/mol. The normalized spacial score (nSPS) is 18.5. The first kappa shape index (κ1) is 16.3. The van der Waals surface area contributed by atoms with E-state index >= 15 is 0 Å². The van der Waals surface area contributed by atoms with Gasteiger partial charge in [-0.2, -0.15) is 13.2 Å². The number of hydrogen-bond donors (Lipinski definition) is 0. The smallest absolute Gasteiger partial charge is 0.381 e.